The molecule has 3 fully saturated rings. The van der Waals surface area contributed by atoms with Crippen LogP contribution in [-0.2, 0) is 4.74 Å². The number of likely N-dealkylation sites (tertiary alicyclic amines) is 1. The predicted molar refractivity (Wildman–Crippen MR) is 55.3 cm³/mol. The molecule has 2 aliphatic heterocycles. The maximum absolute atomic E-state index is 5.31. The molecule has 3 rings (SSSR count). The summed E-state index contributed by atoms with van der Waals surface area (Å²) in [5.41, 5.74) is 0.665. The van der Waals surface area contributed by atoms with Gasteiger partial charge < -0.3 is 10.1 Å². The molecule has 0 aromatic rings. The van der Waals surface area contributed by atoms with Crippen LogP contribution >= 0.6 is 0 Å². The Kier molecular flexibility index (Phi) is 2.08. The second kappa shape index (κ2) is 3.19. The van der Waals surface area contributed by atoms with Gasteiger partial charge in [-0.15, -0.1) is 0 Å². The normalized spacial score (nSPS) is 40.9. The Balaban J connectivity index is 1.46. The van der Waals surface area contributed by atoms with Gasteiger partial charge in [-0.2, -0.15) is 0 Å². The highest BCUT2D eigenvalue weighted by atomic mass is 16.5. The molecule has 0 atom stereocenters. The molecule has 1 spiro atoms. The highest BCUT2D eigenvalue weighted by Crippen LogP contribution is 2.41. The van der Waals surface area contributed by atoms with Crippen LogP contribution in [0.4, 0.5) is 0 Å². The first-order valence-corrected chi connectivity index (χ1v) is 5.79. The Morgan fingerprint density at radius 1 is 1.36 bits per heavy atom. The van der Waals surface area contributed by atoms with Gasteiger partial charge in [0, 0.05) is 38.2 Å². The fraction of sp³-hybridized carbons (Fsp3) is 1.00. The number of hydrogen-bond donors (Lipinski definition) is 1. The van der Waals surface area contributed by atoms with Crippen LogP contribution in [0.3, 0.4) is 0 Å². The third-order valence-corrected chi connectivity index (χ3v) is 4.33. The van der Waals surface area contributed by atoms with E-state index in [0.717, 1.165) is 6.04 Å². The average Bonchev–Trinajstić information content (AvgIpc) is 2.49. The van der Waals surface area contributed by atoms with Crippen LogP contribution in [-0.4, -0.2) is 50.3 Å². The summed E-state index contributed by atoms with van der Waals surface area (Å²) < 4.78 is 5.31. The van der Waals surface area contributed by atoms with Gasteiger partial charge in [0.15, 0.2) is 0 Å². The third kappa shape index (κ3) is 1.30. The van der Waals surface area contributed by atoms with Crippen molar-refractivity contribution in [3.63, 3.8) is 0 Å². The van der Waals surface area contributed by atoms with Crippen LogP contribution in [0.5, 0.6) is 0 Å². The fourth-order valence-electron chi connectivity index (χ4n) is 3.17. The standard InChI is InChI=1S/C11H20N2O/c1-14-10-4-9(5-10)13-7-11(8-13)2-3-12-6-11/h9-10,12H,2-8H2,1H3/t9-,10-. The molecule has 0 amide bonds. The second-order valence-corrected chi connectivity index (χ2v) is 5.31. The molecule has 3 aliphatic rings. The minimum absolute atomic E-state index is 0.554. The lowest BCUT2D eigenvalue weighted by molar-refractivity contribution is -0.0926. The molecular formula is C11H20N2O. The third-order valence-electron chi connectivity index (χ3n) is 4.33. The number of nitrogens with zero attached hydrogens (tertiary/aromatic N) is 1. The van der Waals surface area contributed by atoms with E-state index in [1.54, 1.807) is 0 Å². The Labute approximate surface area is 85.8 Å². The molecule has 2 saturated heterocycles. The van der Waals surface area contributed by atoms with E-state index in [2.05, 4.69) is 10.2 Å². The van der Waals surface area contributed by atoms with E-state index in [9.17, 15) is 0 Å². The van der Waals surface area contributed by atoms with Gasteiger partial charge in [-0.3, -0.25) is 4.90 Å². The summed E-state index contributed by atoms with van der Waals surface area (Å²) in [6, 6.07) is 0.839. The molecule has 0 aromatic carbocycles. The minimum Gasteiger partial charge on any atom is -0.381 e. The summed E-state index contributed by atoms with van der Waals surface area (Å²) in [6.07, 6.45) is 4.47. The smallest absolute Gasteiger partial charge is 0.0601 e. The van der Waals surface area contributed by atoms with Gasteiger partial charge in [-0.05, 0) is 25.8 Å². The largest absolute Gasteiger partial charge is 0.381 e. The lowest BCUT2D eigenvalue weighted by Crippen LogP contribution is -2.64. The van der Waals surface area contributed by atoms with E-state index in [1.165, 1.54) is 45.4 Å². The molecule has 0 bridgehead atoms. The van der Waals surface area contributed by atoms with Crippen LogP contribution < -0.4 is 5.32 Å². The van der Waals surface area contributed by atoms with E-state index in [0.29, 0.717) is 11.5 Å². The molecule has 14 heavy (non-hydrogen) atoms. The van der Waals surface area contributed by atoms with Gasteiger partial charge >= 0.3 is 0 Å². The zero-order valence-electron chi connectivity index (χ0n) is 8.96. The van der Waals surface area contributed by atoms with Crippen molar-refractivity contribution in [2.45, 2.75) is 31.4 Å². The van der Waals surface area contributed by atoms with Crippen LogP contribution in [0, 0.1) is 5.41 Å². The summed E-state index contributed by atoms with van der Waals surface area (Å²) in [6.45, 7) is 5.16. The molecule has 2 heterocycles. The predicted octanol–water partition coefficient (Wildman–Crippen LogP) is 0.459. The zero-order valence-corrected chi connectivity index (χ0v) is 8.96. The Morgan fingerprint density at radius 3 is 2.71 bits per heavy atom. The van der Waals surface area contributed by atoms with Crippen molar-refractivity contribution in [1.82, 2.24) is 10.2 Å². The number of methoxy groups -OCH3 is 1. The average molecular weight is 196 g/mol. The lowest BCUT2D eigenvalue weighted by atomic mass is 9.75. The molecule has 1 N–H and O–H groups in total. The molecule has 1 saturated carbocycles. The summed E-state index contributed by atoms with van der Waals surface area (Å²) in [7, 11) is 1.83. The van der Waals surface area contributed by atoms with Crippen molar-refractivity contribution in [2.75, 3.05) is 33.3 Å². The summed E-state index contributed by atoms with van der Waals surface area (Å²) in [5.74, 6) is 0. The molecule has 80 valence electrons. The van der Waals surface area contributed by atoms with Gasteiger partial charge in [0.1, 0.15) is 0 Å². The quantitative estimate of drug-likeness (QED) is 0.694. The maximum Gasteiger partial charge on any atom is 0.0601 e. The number of hydrogen-bond acceptors (Lipinski definition) is 3. The lowest BCUT2D eigenvalue weighted by Gasteiger charge is -2.55. The van der Waals surface area contributed by atoms with Crippen molar-refractivity contribution < 1.29 is 4.74 Å². The summed E-state index contributed by atoms with van der Waals surface area (Å²) in [5, 5.41) is 3.48. The molecule has 0 aromatic heterocycles. The number of ether oxygens (including phenoxy) is 1. The molecule has 1 aliphatic carbocycles. The summed E-state index contributed by atoms with van der Waals surface area (Å²) >= 11 is 0. The zero-order chi connectivity index (χ0) is 9.60. The molecule has 0 radical (unpaired) electrons. The van der Waals surface area contributed by atoms with Gasteiger partial charge in [0.2, 0.25) is 0 Å². The highest BCUT2D eigenvalue weighted by molar-refractivity contribution is 5.04. The van der Waals surface area contributed by atoms with Crippen molar-refractivity contribution in [3.05, 3.63) is 0 Å². The van der Waals surface area contributed by atoms with Gasteiger partial charge in [0.25, 0.3) is 0 Å². The number of nitrogens with one attached hydrogen (secondary N) is 1. The van der Waals surface area contributed by atoms with Crippen molar-refractivity contribution >= 4 is 0 Å². The highest BCUT2D eigenvalue weighted by Gasteiger charge is 2.49. The Morgan fingerprint density at radius 2 is 2.14 bits per heavy atom. The van der Waals surface area contributed by atoms with E-state index in [-0.39, 0.29) is 0 Å². The van der Waals surface area contributed by atoms with Gasteiger partial charge in [-0.25, -0.2) is 0 Å². The molecule has 0 unspecified atom stereocenters. The van der Waals surface area contributed by atoms with Crippen molar-refractivity contribution in [1.29, 1.82) is 0 Å². The van der Waals surface area contributed by atoms with Crippen molar-refractivity contribution in [3.8, 4) is 0 Å². The molecule has 3 nitrogen and oxygen atoms in total. The first kappa shape index (κ1) is 9.13. The van der Waals surface area contributed by atoms with Crippen LogP contribution in [0.25, 0.3) is 0 Å². The minimum atomic E-state index is 0.554. The van der Waals surface area contributed by atoms with E-state index >= 15 is 0 Å². The van der Waals surface area contributed by atoms with Gasteiger partial charge in [0.05, 0.1) is 6.10 Å². The van der Waals surface area contributed by atoms with Gasteiger partial charge in [-0.1, -0.05) is 0 Å². The van der Waals surface area contributed by atoms with E-state index < -0.39 is 0 Å². The van der Waals surface area contributed by atoms with E-state index in [4.69, 9.17) is 4.74 Å². The molecule has 3 heteroatoms. The van der Waals surface area contributed by atoms with Crippen LogP contribution in [0.1, 0.15) is 19.3 Å². The summed E-state index contributed by atoms with van der Waals surface area (Å²) in [4.78, 5) is 2.66. The first-order chi connectivity index (χ1) is 6.81. The Bertz CT molecular complexity index is 211. The molecular weight excluding hydrogens is 176 g/mol. The SMILES string of the molecule is CO[C@H]1C[C@H](N2CC3(CCNC3)C2)C1. The van der Waals surface area contributed by atoms with Crippen LogP contribution in [0.2, 0.25) is 0 Å². The Hall–Kier alpha value is -0.120. The maximum atomic E-state index is 5.31. The van der Waals surface area contributed by atoms with E-state index in [1.807, 2.05) is 7.11 Å². The monoisotopic (exact) mass is 196 g/mol. The first-order valence-electron chi connectivity index (χ1n) is 5.79. The number of rotatable bonds is 2. The van der Waals surface area contributed by atoms with Crippen molar-refractivity contribution in [2.24, 2.45) is 5.41 Å². The second-order valence-electron chi connectivity index (χ2n) is 5.31. The topological polar surface area (TPSA) is 24.5 Å². The fourth-order valence-corrected chi connectivity index (χ4v) is 3.17. The van der Waals surface area contributed by atoms with Crippen LogP contribution in [0.15, 0.2) is 0 Å².